The number of hydrogen-bond donors (Lipinski definition) is 1. The van der Waals surface area contributed by atoms with Gasteiger partial charge in [0.1, 0.15) is 5.75 Å². The number of aromatic nitrogens is 1. The van der Waals surface area contributed by atoms with E-state index >= 15 is 0 Å². The largest absolute Gasteiger partial charge is 0.440 e. The predicted molar refractivity (Wildman–Crippen MR) is 66.5 cm³/mol. The average molecular weight is 267 g/mol. The molecule has 2 aromatic rings. The smallest absolute Gasteiger partial charge is 0.210 e. The van der Waals surface area contributed by atoms with Crippen molar-refractivity contribution in [3.63, 3.8) is 0 Å². The van der Waals surface area contributed by atoms with Gasteiger partial charge in [-0.05, 0) is 0 Å². The van der Waals surface area contributed by atoms with E-state index in [1.807, 2.05) is 30.3 Å². The Morgan fingerprint density at radius 2 is 1.94 bits per heavy atom. The summed E-state index contributed by atoms with van der Waals surface area (Å²) in [6.07, 6.45) is 1.50. The first-order valence-corrected chi connectivity index (χ1v) is 7.24. The number of rotatable bonds is 5. The first-order chi connectivity index (χ1) is 8.61. The molecule has 5 nitrogen and oxygen atoms in total. The van der Waals surface area contributed by atoms with E-state index in [1.165, 1.54) is 6.20 Å². The van der Waals surface area contributed by atoms with Gasteiger partial charge < -0.3 is 9.52 Å². The molecule has 6 heteroatoms. The van der Waals surface area contributed by atoms with Gasteiger partial charge in [0.25, 0.3) is 0 Å². The van der Waals surface area contributed by atoms with E-state index in [0.29, 0.717) is 5.76 Å². The molecule has 0 fully saturated rings. The highest BCUT2D eigenvalue weighted by Crippen LogP contribution is 2.20. The molecule has 0 aliphatic rings. The Balaban J connectivity index is 2.17. The molecule has 18 heavy (non-hydrogen) atoms. The third-order valence-corrected chi connectivity index (χ3v) is 3.85. The molecule has 0 spiro atoms. The third kappa shape index (κ3) is 3.18. The minimum atomic E-state index is -3.36. The van der Waals surface area contributed by atoms with Gasteiger partial charge >= 0.3 is 0 Å². The molecule has 2 rings (SSSR count). The Morgan fingerprint density at radius 1 is 1.22 bits per heavy atom. The number of hydrogen-bond acceptors (Lipinski definition) is 5. The van der Waals surface area contributed by atoms with E-state index < -0.39 is 16.4 Å². The molecule has 1 heterocycles. The summed E-state index contributed by atoms with van der Waals surface area (Å²) < 4.78 is 28.4. The van der Waals surface area contributed by atoms with Crippen molar-refractivity contribution in [3.05, 3.63) is 42.4 Å². The Morgan fingerprint density at radius 3 is 2.61 bits per heavy atom. The second-order valence-corrected chi connectivity index (χ2v) is 5.98. The normalized spacial score (nSPS) is 11.6. The van der Waals surface area contributed by atoms with E-state index in [4.69, 9.17) is 9.52 Å². The summed E-state index contributed by atoms with van der Waals surface area (Å²) in [5, 5.41) is 8.63. The van der Waals surface area contributed by atoms with Crippen LogP contribution in [-0.4, -0.2) is 30.9 Å². The Kier molecular flexibility index (Phi) is 3.78. The number of oxazole rings is 1. The minimum absolute atomic E-state index is 0.141. The SMILES string of the molecule is O=S(=O)(CCO)Cc1ncc(-c2ccccc2)o1. The third-order valence-electron chi connectivity index (χ3n) is 2.36. The fourth-order valence-electron chi connectivity index (χ4n) is 1.51. The van der Waals surface area contributed by atoms with E-state index in [1.54, 1.807) is 0 Å². The molecule has 0 bridgehead atoms. The van der Waals surface area contributed by atoms with Crippen molar-refractivity contribution in [3.8, 4) is 11.3 Å². The molecule has 0 aliphatic carbocycles. The van der Waals surface area contributed by atoms with Crippen molar-refractivity contribution in [2.24, 2.45) is 0 Å². The highest BCUT2D eigenvalue weighted by molar-refractivity contribution is 7.90. The molecule has 1 aromatic carbocycles. The maximum atomic E-state index is 11.5. The van der Waals surface area contributed by atoms with Crippen LogP contribution in [0.5, 0.6) is 0 Å². The van der Waals surface area contributed by atoms with Gasteiger partial charge in [-0.1, -0.05) is 30.3 Å². The van der Waals surface area contributed by atoms with E-state index in [-0.39, 0.29) is 17.4 Å². The monoisotopic (exact) mass is 267 g/mol. The maximum absolute atomic E-state index is 11.5. The van der Waals surface area contributed by atoms with Crippen molar-refractivity contribution in [1.29, 1.82) is 0 Å². The molecule has 0 saturated heterocycles. The summed E-state index contributed by atoms with van der Waals surface area (Å²) in [7, 11) is -3.36. The van der Waals surface area contributed by atoms with E-state index in [0.717, 1.165) is 5.56 Å². The first-order valence-electron chi connectivity index (χ1n) is 5.42. The summed E-state index contributed by atoms with van der Waals surface area (Å²) in [5.74, 6) is 0.100. The van der Waals surface area contributed by atoms with Crippen LogP contribution < -0.4 is 0 Å². The van der Waals surface area contributed by atoms with Gasteiger partial charge in [0, 0.05) is 5.56 Å². The van der Waals surface area contributed by atoms with Gasteiger partial charge in [0.05, 0.1) is 18.6 Å². The van der Waals surface area contributed by atoms with Crippen LogP contribution in [0, 0.1) is 0 Å². The molecule has 1 aromatic heterocycles. The van der Waals surface area contributed by atoms with Crippen LogP contribution in [-0.2, 0) is 15.6 Å². The highest BCUT2D eigenvalue weighted by Gasteiger charge is 2.15. The Hall–Kier alpha value is -1.66. The molecule has 1 N–H and O–H groups in total. The molecule has 0 radical (unpaired) electrons. The first kappa shape index (κ1) is 12.8. The van der Waals surface area contributed by atoms with Crippen molar-refractivity contribution in [1.82, 2.24) is 4.98 Å². The van der Waals surface area contributed by atoms with Crippen LogP contribution in [0.4, 0.5) is 0 Å². The lowest BCUT2D eigenvalue weighted by molar-refractivity contribution is 0.319. The number of benzene rings is 1. The Labute approximate surface area is 105 Å². The summed E-state index contributed by atoms with van der Waals surface area (Å²) >= 11 is 0. The maximum Gasteiger partial charge on any atom is 0.210 e. The van der Waals surface area contributed by atoms with Gasteiger partial charge in [-0.3, -0.25) is 0 Å². The molecular weight excluding hydrogens is 254 g/mol. The fourth-order valence-corrected chi connectivity index (χ4v) is 2.44. The lowest BCUT2D eigenvalue weighted by atomic mass is 10.2. The van der Waals surface area contributed by atoms with Gasteiger partial charge in [-0.2, -0.15) is 0 Å². The average Bonchev–Trinajstić information content (AvgIpc) is 2.77. The Bertz CT molecular complexity index is 604. The van der Waals surface area contributed by atoms with E-state index in [2.05, 4.69) is 4.98 Å². The zero-order valence-corrected chi connectivity index (χ0v) is 10.4. The van der Waals surface area contributed by atoms with Crippen molar-refractivity contribution < 1.29 is 17.9 Å². The summed E-state index contributed by atoms with van der Waals surface area (Å²) in [6.45, 7) is -0.394. The van der Waals surface area contributed by atoms with Crippen LogP contribution in [0.1, 0.15) is 5.89 Å². The van der Waals surface area contributed by atoms with Crippen molar-refractivity contribution in [2.75, 3.05) is 12.4 Å². The molecule has 96 valence electrons. The van der Waals surface area contributed by atoms with Gasteiger partial charge in [0.15, 0.2) is 15.6 Å². The lowest BCUT2D eigenvalue weighted by Crippen LogP contribution is -2.12. The molecular formula is C12H13NO4S. The molecule has 0 unspecified atom stereocenters. The zero-order chi connectivity index (χ0) is 13.0. The van der Waals surface area contributed by atoms with Gasteiger partial charge in [0.2, 0.25) is 5.89 Å². The standard InChI is InChI=1S/C12H13NO4S/c14-6-7-18(15,16)9-12-13-8-11(17-12)10-4-2-1-3-5-10/h1-5,8,14H,6-7,9H2. The molecule has 0 aliphatic heterocycles. The van der Waals surface area contributed by atoms with Crippen LogP contribution in [0.2, 0.25) is 0 Å². The zero-order valence-electron chi connectivity index (χ0n) is 9.61. The summed E-state index contributed by atoms with van der Waals surface area (Å²) in [6, 6.07) is 9.31. The van der Waals surface area contributed by atoms with Crippen LogP contribution in [0.25, 0.3) is 11.3 Å². The number of nitrogens with zero attached hydrogens (tertiary/aromatic N) is 1. The van der Waals surface area contributed by atoms with Gasteiger partial charge in [-0.15, -0.1) is 0 Å². The fraction of sp³-hybridized carbons (Fsp3) is 0.250. The number of aliphatic hydroxyl groups excluding tert-OH is 1. The highest BCUT2D eigenvalue weighted by atomic mass is 32.2. The lowest BCUT2D eigenvalue weighted by Gasteiger charge is -1.98. The summed E-state index contributed by atoms with van der Waals surface area (Å²) in [4.78, 5) is 3.93. The summed E-state index contributed by atoms with van der Waals surface area (Å²) in [5.41, 5.74) is 0.843. The molecule has 0 atom stereocenters. The predicted octanol–water partition coefficient (Wildman–Crippen LogP) is 1.25. The number of sulfone groups is 1. The van der Waals surface area contributed by atoms with Gasteiger partial charge in [-0.25, -0.2) is 13.4 Å². The van der Waals surface area contributed by atoms with E-state index in [9.17, 15) is 8.42 Å². The number of aliphatic hydroxyl groups is 1. The quantitative estimate of drug-likeness (QED) is 0.881. The van der Waals surface area contributed by atoms with Crippen molar-refractivity contribution >= 4 is 9.84 Å². The second-order valence-electron chi connectivity index (χ2n) is 3.80. The van der Waals surface area contributed by atoms with Crippen LogP contribution in [0.3, 0.4) is 0 Å². The topological polar surface area (TPSA) is 80.4 Å². The second kappa shape index (κ2) is 5.32. The van der Waals surface area contributed by atoms with Crippen molar-refractivity contribution in [2.45, 2.75) is 5.75 Å². The van der Waals surface area contributed by atoms with Crippen LogP contribution >= 0.6 is 0 Å². The molecule has 0 saturated carbocycles. The van der Waals surface area contributed by atoms with Crippen LogP contribution in [0.15, 0.2) is 40.9 Å². The minimum Gasteiger partial charge on any atom is -0.440 e. The molecule has 0 amide bonds.